The summed E-state index contributed by atoms with van der Waals surface area (Å²) in [6.45, 7) is 1.82. The lowest BCUT2D eigenvalue weighted by Crippen LogP contribution is -2.61. The monoisotopic (exact) mass is 294 g/mol. The summed E-state index contributed by atoms with van der Waals surface area (Å²) in [6.07, 6.45) is 3.83. The second-order valence-electron chi connectivity index (χ2n) is 5.86. The average Bonchev–Trinajstić information content (AvgIpc) is 2.63. The predicted octanol–water partition coefficient (Wildman–Crippen LogP) is 3.37. The number of fused-ring (bicyclic) bond motifs is 3. The molecule has 2 bridgehead atoms. The van der Waals surface area contributed by atoms with E-state index in [1.807, 2.05) is 60.7 Å². The van der Waals surface area contributed by atoms with Crippen LogP contribution in [0.25, 0.3) is 6.08 Å². The third-order valence-electron chi connectivity index (χ3n) is 4.31. The zero-order valence-electron chi connectivity index (χ0n) is 12.3. The molecular weight excluding hydrogens is 276 g/mol. The van der Waals surface area contributed by atoms with Crippen LogP contribution in [-0.4, -0.2) is 25.8 Å². The van der Waals surface area contributed by atoms with Gasteiger partial charge >= 0.3 is 5.97 Å². The molecule has 0 amide bonds. The van der Waals surface area contributed by atoms with Gasteiger partial charge in [-0.25, -0.2) is 0 Å². The van der Waals surface area contributed by atoms with Gasteiger partial charge in [0.15, 0.2) is 0 Å². The van der Waals surface area contributed by atoms with Crippen LogP contribution in [0.4, 0.5) is 0 Å². The Labute approximate surface area is 130 Å². The van der Waals surface area contributed by atoms with E-state index in [4.69, 9.17) is 14.2 Å². The van der Waals surface area contributed by atoms with Crippen LogP contribution in [0.1, 0.15) is 11.1 Å². The molecule has 2 aromatic rings. The first-order valence-corrected chi connectivity index (χ1v) is 7.52. The minimum absolute atomic E-state index is 0.191. The van der Waals surface area contributed by atoms with Crippen LogP contribution < -0.4 is 0 Å². The summed E-state index contributed by atoms with van der Waals surface area (Å²) in [5, 5.41) is 0. The van der Waals surface area contributed by atoms with Crippen LogP contribution in [0.5, 0.6) is 0 Å². The van der Waals surface area contributed by atoms with E-state index in [1.165, 1.54) is 5.56 Å². The molecule has 3 fully saturated rings. The zero-order valence-corrected chi connectivity index (χ0v) is 12.3. The molecule has 2 aromatic carbocycles. The Hall–Kier alpha value is -1.94. The fourth-order valence-corrected chi connectivity index (χ4v) is 2.91. The van der Waals surface area contributed by atoms with Crippen molar-refractivity contribution in [1.29, 1.82) is 0 Å². The molecule has 3 aliphatic rings. The van der Waals surface area contributed by atoms with Gasteiger partial charge in [-0.05, 0) is 11.1 Å². The fraction of sp³-hybridized carbons (Fsp3) is 0.263. The van der Waals surface area contributed by atoms with Gasteiger partial charge in [-0.3, -0.25) is 0 Å². The Morgan fingerprint density at radius 3 is 1.86 bits per heavy atom. The first kappa shape index (κ1) is 13.7. The molecule has 3 heterocycles. The Bertz CT molecular complexity index is 639. The summed E-state index contributed by atoms with van der Waals surface area (Å²) >= 11 is 0. The number of rotatable bonds is 3. The summed E-state index contributed by atoms with van der Waals surface area (Å²) in [6, 6.07) is 20.4. The molecule has 5 rings (SSSR count). The van der Waals surface area contributed by atoms with E-state index >= 15 is 0 Å². The summed E-state index contributed by atoms with van der Waals surface area (Å²) in [4.78, 5) is 0. The van der Waals surface area contributed by atoms with Crippen LogP contribution in [-0.2, 0) is 19.6 Å². The number of hydrogen-bond donors (Lipinski definition) is 0. The molecule has 0 N–H and O–H groups in total. The van der Waals surface area contributed by atoms with Crippen molar-refractivity contribution in [2.75, 3.05) is 19.8 Å². The van der Waals surface area contributed by atoms with Crippen molar-refractivity contribution in [1.82, 2.24) is 0 Å². The van der Waals surface area contributed by atoms with Crippen LogP contribution >= 0.6 is 0 Å². The van der Waals surface area contributed by atoms with Gasteiger partial charge in [0.2, 0.25) is 0 Å². The number of hydrogen-bond acceptors (Lipinski definition) is 3. The van der Waals surface area contributed by atoms with Crippen molar-refractivity contribution in [3.8, 4) is 0 Å². The Morgan fingerprint density at radius 2 is 1.27 bits per heavy atom. The van der Waals surface area contributed by atoms with Crippen molar-refractivity contribution in [2.45, 2.75) is 11.4 Å². The Kier molecular flexibility index (Phi) is 3.34. The highest BCUT2D eigenvalue weighted by Gasteiger charge is 2.52. The molecule has 0 radical (unpaired) electrons. The summed E-state index contributed by atoms with van der Waals surface area (Å²) in [7, 11) is 0. The average molecular weight is 294 g/mol. The minimum Gasteiger partial charge on any atom is -0.323 e. The zero-order chi connectivity index (χ0) is 14.9. The molecule has 112 valence electrons. The fourth-order valence-electron chi connectivity index (χ4n) is 2.91. The van der Waals surface area contributed by atoms with Gasteiger partial charge in [-0.1, -0.05) is 66.7 Å². The largest absolute Gasteiger partial charge is 0.323 e. The van der Waals surface area contributed by atoms with Gasteiger partial charge in [0.25, 0.3) is 0 Å². The molecule has 3 nitrogen and oxygen atoms in total. The second kappa shape index (κ2) is 5.36. The SMILES string of the molecule is C(=C\C12OCC(c3ccccc3)(CO1)CO2)/c1ccccc1. The van der Waals surface area contributed by atoms with Gasteiger partial charge < -0.3 is 14.2 Å². The highest BCUT2D eigenvalue weighted by atomic mass is 16.9. The van der Waals surface area contributed by atoms with Crippen molar-refractivity contribution in [3.05, 3.63) is 77.9 Å². The summed E-state index contributed by atoms with van der Waals surface area (Å²) in [5.41, 5.74) is 2.11. The van der Waals surface area contributed by atoms with E-state index in [9.17, 15) is 0 Å². The molecule has 0 saturated carbocycles. The lowest BCUT2D eigenvalue weighted by Gasteiger charge is -2.50. The van der Waals surface area contributed by atoms with Gasteiger partial charge in [0.05, 0.1) is 25.2 Å². The predicted molar refractivity (Wildman–Crippen MR) is 84.2 cm³/mol. The molecule has 0 unspecified atom stereocenters. The molecule has 0 aliphatic carbocycles. The molecular formula is C19H18O3. The lowest BCUT2D eigenvalue weighted by atomic mass is 9.81. The van der Waals surface area contributed by atoms with Gasteiger partial charge in [-0.15, -0.1) is 0 Å². The molecule has 3 aliphatic heterocycles. The van der Waals surface area contributed by atoms with Crippen LogP contribution in [0.2, 0.25) is 0 Å². The third-order valence-corrected chi connectivity index (χ3v) is 4.31. The van der Waals surface area contributed by atoms with Crippen molar-refractivity contribution in [3.63, 3.8) is 0 Å². The number of ether oxygens (including phenoxy) is 3. The Morgan fingerprint density at radius 1 is 0.727 bits per heavy atom. The first-order valence-electron chi connectivity index (χ1n) is 7.52. The molecule has 0 aromatic heterocycles. The normalized spacial score (nSPS) is 30.7. The van der Waals surface area contributed by atoms with E-state index < -0.39 is 5.97 Å². The van der Waals surface area contributed by atoms with Gasteiger partial charge in [0.1, 0.15) is 0 Å². The maximum Gasteiger partial charge on any atom is 0.305 e. The third kappa shape index (κ3) is 2.37. The molecule has 3 saturated heterocycles. The molecule has 3 heteroatoms. The maximum absolute atomic E-state index is 5.91. The van der Waals surface area contributed by atoms with E-state index in [2.05, 4.69) is 12.1 Å². The van der Waals surface area contributed by atoms with Crippen molar-refractivity contribution < 1.29 is 14.2 Å². The highest BCUT2D eigenvalue weighted by Crippen LogP contribution is 2.41. The van der Waals surface area contributed by atoms with Gasteiger partial charge in [0, 0.05) is 6.08 Å². The second-order valence-corrected chi connectivity index (χ2v) is 5.86. The van der Waals surface area contributed by atoms with E-state index in [1.54, 1.807) is 0 Å². The van der Waals surface area contributed by atoms with Crippen LogP contribution in [0.15, 0.2) is 66.7 Å². The first-order chi connectivity index (χ1) is 10.8. The van der Waals surface area contributed by atoms with Crippen molar-refractivity contribution >= 4 is 6.08 Å². The van der Waals surface area contributed by atoms with E-state index in [0.29, 0.717) is 19.8 Å². The topological polar surface area (TPSA) is 27.7 Å². The molecule has 22 heavy (non-hydrogen) atoms. The standard InChI is InChI=1S/C19H18O3/c1-3-7-16(8-4-1)11-12-19-20-13-18(14-21-19,15-22-19)17-9-5-2-6-10-17/h1-12H,13-15H2/b12-11+. The van der Waals surface area contributed by atoms with Gasteiger partial charge in [-0.2, -0.15) is 0 Å². The smallest absolute Gasteiger partial charge is 0.305 e. The number of benzene rings is 2. The maximum atomic E-state index is 5.91. The summed E-state index contributed by atoms with van der Waals surface area (Å²) < 4.78 is 17.7. The molecule has 0 spiro atoms. The lowest BCUT2D eigenvalue weighted by molar-refractivity contribution is -0.428. The highest BCUT2D eigenvalue weighted by molar-refractivity contribution is 5.49. The van der Waals surface area contributed by atoms with Crippen LogP contribution in [0.3, 0.4) is 0 Å². The van der Waals surface area contributed by atoms with E-state index in [0.717, 1.165) is 5.56 Å². The minimum atomic E-state index is -1.04. The molecule has 0 atom stereocenters. The summed E-state index contributed by atoms with van der Waals surface area (Å²) in [5.74, 6) is -1.04. The van der Waals surface area contributed by atoms with Crippen molar-refractivity contribution in [2.24, 2.45) is 0 Å². The quantitative estimate of drug-likeness (QED) is 0.868. The van der Waals surface area contributed by atoms with Crippen LogP contribution in [0, 0.1) is 0 Å². The van der Waals surface area contributed by atoms with E-state index in [-0.39, 0.29) is 5.41 Å². The Balaban J connectivity index is 1.52.